The highest BCUT2D eigenvalue weighted by Crippen LogP contribution is 2.32. The van der Waals surface area contributed by atoms with Gasteiger partial charge in [0.15, 0.2) is 11.5 Å². The van der Waals surface area contributed by atoms with E-state index in [0.717, 1.165) is 40.3 Å². The number of ether oxygens (including phenoxy) is 2. The van der Waals surface area contributed by atoms with Crippen LogP contribution in [0.2, 0.25) is 0 Å². The molecule has 0 amide bonds. The topological polar surface area (TPSA) is 47.1 Å². The molecule has 0 atom stereocenters. The lowest BCUT2D eigenvalue weighted by molar-refractivity contribution is 0.261. The summed E-state index contributed by atoms with van der Waals surface area (Å²) in [5.74, 6) is 3.01. The van der Waals surface area contributed by atoms with Gasteiger partial charge in [0.1, 0.15) is 5.82 Å². The van der Waals surface area contributed by atoms with E-state index in [-0.39, 0.29) is 0 Å². The maximum absolute atomic E-state index is 5.89. The number of imidazole rings is 1. The maximum atomic E-state index is 5.89. The number of hydrogen-bond acceptors (Lipinski definition) is 3. The van der Waals surface area contributed by atoms with E-state index in [0.29, 0.717) is 19.1 Å². The largest absolute Gasteiger partial charge is 0.490 e. The van der Waals surface area contributed by atoms with Crippen molar-refractivity contribution in [3.8, 4) is 22.9 Å². The van der Waals surface area contributed by atoms with Gasteiger partial charge >= 0.3 is 0 Å². The predicted molar refractivity (Wildman–Crippen MR) is 97.6 cm³/mol. The Morgan fingerprint density at radius 3 is 2.62 bits per heavy atom. The molecule has 0 radical (unpaired) electrons. The molecule has 0 aliphatic heterocycles. The molecule has 0 saturated carbocycles. The first-order valence-electron chi connectivity index (χ1n) is 8.52. The van der Waals surface area contributed by atoms with Gasteiger partial charge in [-0.15, -0.1) is 0 Å². The van der Waals surface area contributed by atoms with Gasteiger partial charge in [0, 0.05) is 5.56 Å². The molecule has 1 N–H and O–H groups in total. The molecule has 1 heterocycles. The molecular formula is C20H24N2O2. The van der Waals surface area contributed by atoms with Gasteiger partial charge in [-0.25, -0.2) is 4.98 Å². The smallest absolute Gasteiger partial charge is 0.161 e. The van der Waals surface area contributed by atoms with Gasteiger partial charge in [-0.2, -0.15) is 0 Å². The summed E-state index contributed by atoms with van der Waals surface area (Å²) in [5.41, 5.74) is 2.98. The van der Waals surface area contributed by atoms with Gasteiger partial charge < -0.3 is 14.5 Å². The summed E-state index contributed by atoms with van der Waals surface area (Å²) < 4.78 is 11.7. The molecule has 0 aliphatic carbocycles. The van der Waals surface area contributed by atoms with E-state index in [2.05, 4.69) is 23.8 Å². The van der Waals surface area contributed by atoms with Crippen LogP contribution >= 0.6 is 0 Å². The monoisotopic (exact) mass is 324 g/mol. The third-order valence-corrected chi connectivity index (χ3v) is 3.86. The van der Waals surface area contributed by atoms with E-state index in [1.54, 1.807) is 0 Å². The van der Waals surface area contributed by atoms with Gasteiger partial charge in [0.05, 0.1) is 24.2 Å². The van der Waals surface area contributed by atoms with Crippen molar-refractivity contribution in [3.05, 3.63) is 42.5 Å². The van der Waals surface area contributed by atoms with Crippen molar-refractivity contribution in [2.75, 3.05) is 13.2 Å². The van der Waals surface area contributed by atoms with Crippen LogP contribution in [-0.4, -0.2) is 23.2 Å². The molecule has 0 aliphatic rings. The zero-order valence-electron chi connectivity index (χ0n) is 14.5. The number of aromatic nitrogens is 2. The third-order valence-electron chi connectivity index (χ3n) is 3.86. The first kappa shape index (κ1) is 16.4. The second-order valence-corrected chi connectivity index (χ2v) is 6.23. The fourth-order valence-corrected chi connectivity index (χ4v) is 2.54. The molecular weight excluding hydrogens is 300 g/mol. The molecule has 4 heteroatoms. The number of nitrogens with one attached hydrogen (secondary N) is 1. The Balaban J connectivity index is 1.87. The molecule has 4 nitrogen and oxygen atoms in total. The minimum Gasteiger partial charge on any atom is -0.490 e. The summed E-state index contributed by atoms with van der Waals surface area (Å²) in [6.45, 7) is 7.66. The number of rotatable bonds is 7. The van der Waals surface area contributed by atoms with E-state index in [1.165, 1.54) is 0 Å². The lowest BCUT2D eigenvalue weighted by atomic mass is 10.1. The average Bonchev–Trinajstić information content (AvgIpc) is 3.00. The molecule has 3 rings (SSSR count). The minimum absolute atomic E-state index is 0.601. The molecule has 0 spiro atoms. The summed E-state index contributed by atoms with van der Waals surface area (Å²) in [6, 6.07) is 14.0. The quantitative estimate of drug-likeness (QED) is 0.661. The lowest BCUT2D eigenvalue weighted by Crippen LogP contribution is -2.03. The maximum Gasteiger partial charge on any atom is 0.161 e. The van der Waals surface area contributed by atoms with Crippen molar-refractivity contribution in [2.45, 2.75) is 27.2 Å². The van der Waals surface area contributed by atoms with Gasteiger partial charge in [-0.1, -0.05) is 26.0 Å². The van der Waals surface area contributed by atoms with Crippen LogP contribution < -0.4 is 9.47 Å². The van der Waals surface area contributed by atoms with Crippen molar-refractivity contribution in [3.63, 3.8) is 0 Å². The van der Waals surface area contributed by atoms with Crippen LogP contribution in [0.15, 0.2) is 42.5 Å². The molecule has 24 heavy (non-hydrogen) atoms. The number of H-pyrrole nitrogens is 1. The molecule has 0 bridgehead atoms. The Labute approximate surface area is 142 Å². The minimum atomic E-state index is 0.601. The van der Waals surface area contributed by atoms with Crippen molar-refractivity contribution < 1.29 is 9.47 Å². The Bertz CT molecular complexity index is 775. The van der Waals surface area contributed by atoms with Crippen molar-refractivity contribution in [1.29, 1.82) is 0 Å². The van der Waals surface area contributed by atoms with E-state index >= 15 is 0 Å². The Morgan fingerprint density at radius 2 is 1.88 bits per heavy atom. The van der Waals surface area contributed by atoms with Gasteiger partial charge in [0.25, 0.3) is 0 Å². The summed E-state index contributed by atoms with van der Waals surface area (Å²) in [7, 11) is 0. The van der Waals surface area contributed by atoms with E-state index in [1.807, 2.05) is 49.4 Å². The van der Waals surface area contributed by atoms with E-state index < -0.39 is 0 Å². The number of fused-ring (bicyclic) bond motifs is 1. The molecule has 2 aromatic carbocycles. The Kier molecular flexibility index (Phi) is 5.04. The SMILES string of the molecule is CCOc1cc(-c2nc3ccccc3[nH]2)ccc1OCCC(C)C. The van der Waals surface area contributed by atoms with Crippen molar-refractivity contribution in [2.24, 2.45) is 5.92 Å². The molecule has 3 aromatic rings. The predicted octanol–water partition coefficient (Wildman–Crippen LogP) is 5.05. The van der Waals surface area contributed by atoms with Crippen LogP contribution in [0.1, 0.15) is 27.2 Å². The summed E-state index contributed by atoms with van der Waals surface area (Å²) >= 11 is 0. The molecule has 1 aromatic heterocycles. The number of hydrogen-bond donors (Lipinski definition) is 1. The zero-order valence-corrected chi connectivity index (χ0v) is 14.5. The normalized spacial score (nSPS) is 11.2. The third kappa shape index (κ3) is 3.70. The molecule has 126 valence electrons. The number of aromatic amines is 1. The highest BCUT2D eigenvalue weighted by atomic mass is 16.5. The van der Waals surface area contributed by atoms with Gasteiger partial charge in [0.2, 0.25) is 0 Å². The van der Waals surface area contributed by atoms with Crippen LogP contribution in [0.3, 0.4) is 0 Å². The standard InChI is InChI=1S/C20H24N2O2/c1-4-23-19-13-15(9-10-18(19)24-12-11-14(2)3)20-21-16-7-5-6-8-17(16)22-20/h5-10,13-14H,4,11-12H2,1-3H3,(H,21,22). The first-order valence-corrected chi connectivity index (χ1v) is 8.52. The molecule has 0 fully saturated rings. The zero-order chi connectivity index (χ0) is 16.9. The number of para-hydroxylation sites is 2. The molecule has 0 saturated heterocycles. The lowest BCUT2D eigenvalue weighted by Gasteiger charge is -2.13. The fourth-order valence-electron chi connectivity index (χ4n) is 2.54. The number of benzene rings is 2. The Morgan fingerprint density at radius 1 is 1.04 bits per heavy atom. The highest BCUT2D eigenvalue weighted by molar-refractivity contribution is 5.79. The summed E-state index contributed by atoms with van der Waals surface area (Å²) in [4.78, 5) is 8.00. The van der Waals surface area contributed by atoms with Crippen molar-refractivity contribution in [1.82, 2.24) is 9.97 Å². The van der Waals surface area contributed by atoms with Crippen LogP contribution in [0.5, 0.6) is 11.5 Å². The van der Waals surface area contributed by atoms with Crippen LogP contribution in [0, 0.1) is 5.92 Å². The first-order chi connectivity index (χ1) is 11.7. The van der Waals surface area contributed by atoms with Crippen LogP contribution in [0.25, 0.3) is 22.4 Å². The van der Waals surface area contributed by atoms with Crippen LogP contribution in [-0.2, 0) is 0 Å². The van der Waals surface area contributed by atoms with Crippen molar-refractivity contribution >= 4 is 11.0 Å². The van der Waals surface area contributed by atoms with E-state index in [4.69, 9.17) is 9.47 Å². The Hall–Kier alpha value is -2.49. The van der Waals surface area contributed by atoms with Gasteiger partial charge in [-0.3, -0.25) is 0 Å². The summed E-state index contributed by atoms with van der Waals surface area (Å²) in [6.07, 6.45) is 1.02. The second kappa shape index (κ2) is 7.39. The summed E-state index contributed by atoms with van der Waals surface area (Å²) in [5, 5.41) is 0. The fraction of sp³-hybridized carbons (Fsp3) is 0.350. The second-order valence-electron chi connectivity index (χ2n) is 6.23. The average molecular weight is 324 g/mol. The molecule has 0 unspecified atom stereocenters. The van der Waals surface area contributed by atoms with E-state index in [9.17, 15) is 0 Å². The van der Waals surface area contributed by atoms with Gasteiger partial charge in [-0.05, 0) is 49.6 Å². The number of nitrogens with zero attached hydrogens (tertiary/aromatic N) is 1. The van der Waals surface area contributed by atoms with Crippen LogP contribution in [0.4, 0.5) is 0 Å². The highest BCUT2D eigenvalue weighted by Gasteiger charge is 2.11.